The summed E-state index contributed by atoms with van der Waals surface area (Å²) in [5.41, 5.74) is 1.82. The van der Waals surface area contributed by atoms with Crippen LogP contribution in [-0.4, -0.2) is 50.0 Å². The Morgan fingerprint density at radius 3 is 2.33 bits per heavy atom. The zero-order chi connectivity index (χ0) is 32.1. The lowest BCUT2D eigenvalue weighted by molar-refractivity contribution is -0.143. The number of nitrogens with zero attached hydrogens (tertiary/aromatic N) is 2. The van der Waals surface area contributed by atoms with Gasteiger partial charge in [-0.25, -0.2) is 14.6 Å². The highest BCUT2D eigenvalue weighted by molar-refractivity contribution is 7.07. The smallest absolute Gasteiger partial charge is 0.343 e. The number of carbonyl (C=O) groups excluding carboxylic acids is 2. The zero-order valence-corrected chi connectivity index (χ0v) is 26.6. The van der Waals surface area contributed by atoms with Gasteiger partial charge in [0.1, 0.15) is 5.75 Å². The number of benzene rings is 3. The number of thiazole rings is 1. The van der Waals surface area contributed by atoms with Gasteiger partial charge in [-0.1, -0.05) is 47.7 Å². The fraction of sp³-hybridized carbons (Fsp3) is 0.294. The van der Waals surface area contributed by atoms with Crippen molar-refractivity contribution in [2.45, 2.75) is 33.7 Å². The Labute approximate surface area is 263 Å². The van der Waals surface area contributed by atoms with Crippen LogP contribution < -0.4 is 29.1 Å². The van der Waals surface area contributed by atoms with Gasteiger partial charge in [0.2, 0.25) is 0 Å². The molecular formula is C34H34N2O8S. The number of hydrogen-bond donors (Lipinski definition) is 0. The Morgan fingerprint density at radius 2 is 1.62 bits per heavy atom. The molecule has 0 radical (unpaired) electrons. The molecule has 0 amide bonds. The number of ether oxygens (including phenoxy) is 5. The quantitative estimate of drug-likeness (QED) is 0.226. The minimum absolute atomic E-state index is 0.155. The van der Waals surface area contributed by atoms with Gasteiger partial charge in [-0.05, 0) is 68.5 Å². The summed E-state index contributed by atoms with van der Waals surface area (Å²) in [6.07, 6.45) is 1.84. The summed E-state index contributed by atoms with van der Waals surface area (Å²) in [4.78, 5) is 44.4. The predicted molar refractivity (Wildman–Crippen MR) is 171 cm³/mol. The van der Waals surface area contributed by atoms with Crippen molar-refractivity contribution in [1.82, 2.24) is 4.57 Å². The topological polar surface area (TPSA) is 115 Å². The van der Waals surface area contributed by atoms with Crippen molar-refractivity contribution in [2.24, 2.45) is 4.99 Å². The van der Waals surface area contributed by atoms with Crippen LogP contribution in [0.25, 0.3) is 16.8 Å². The Hall–Kier alpha value is -4.90. The lowest BCUT2D eigenvalue weighted by atomic mass is 9.95. The average Bonchev–Trinajstić information content (AvgIpc) is 3.34. The van der Waals surface area contributed by atoms with Gasteiger partial charge in [-0.15, -0.1) is 0 Å². The van der Waals surface area contributed by atoms with Crippen molar-refractivity contribution in [3.8, 4) is 17.2 Å². The molecule has 2 heterocycles. The first-order valence-corrected chi connectivity index (χ1v) is 15.4. The van der Waals surface area contributed by atoms with Gasteiger partial charge in [-0.3, -0.25) is 9.36 Å². The zero-order valence-electron chi connectivity index (χ0n) is 25.7. The summed E-state index contributed by atoms with van der Waals surface area (Å²) in [5.74, 6) is 0.320. The lowest BCUT2D eigenvalue weighted by Gasteiger charge is -2.25. The summed E-state index contributed by atoms with van der Waals surface area (Å²) in [5, 5.41) is 1.88. The number of carbonyl (C=O) groups is 2. The highest BCUT2D eigenvalue weighted by atomic mass is 32.1. The summed E-state index contributed by atoms with van der Waals surface area (Å²) in [6, 6.07) is 15.9. The molecule has 1 aromatic heterocycles. The van der Waals surface area contributed by atoms with Crippen LogP contribution in [0.5, 0.6) is 17.2 Å². The molecular weight excluding hydrogens is 596 g/mol. The second kappa shape index (κ2) is 13.8. The Bertz CT molecular complexity index is 1970. The third-order valence-electron chi connectivity index (χ3n) is 7.18. The molecule has 0 saturated carbocycles. The van der Waals surface area contributed by atoms with Gasteiger partial charge < -0.3 is 23.7 Å². The molecule has 0 aliphatic carbocycles. The van der Waals surface area contributed by atoms with Crippen molar-refractivity contribution in [1.29, 1.82) is 0 Å². The normalized spacial score (nSPS) is 14.5. The largest absolute Gasteiger partial charge is 0.493 e. The molecule has 0 saturated heterocycles. The van der Waals surface area contributed by atoms with Crippen LogP contribution in [0.1, 0.15) is 44.9 Å². The Balaban J connectivity index is 1.69. The summed E-state index contributed by atoms with van der Waals surface area (Å²) in [7, 11) is 1.28. The number of rotatable bonds is 11. The third-order valence-corrected chi connectivity index (χ3v) is 8.16. The lowest BCUT2D eigenvalue weighted by Crippen LogP contribution is -2.40. The molecule has 11 heteroatoms. The minimum Gasteiger partial charge on any atom is -0.493 e. The van der Waals surface area contributed by atoms with E-state index in [1.807, 2.05) is 56.3 Å². The molecule has 4 aromatic rings. The standard InChI is InChI=1S/C34H34N2O8S/c1-6-41-25-15-13-21(23-11-9-10-12-24(23)25)18-28-32(38)36-31(30(33(39)43-8-3)20(4)35-34(36)45-28)22-14-16-26(27(17-22)42-7-2)44-19-29(37)40-5/h9-18,31H,6-8,19H2,1-5H3/b28-18-/t31-/m1/s1. The summed E-state index contributed by atoms with van der Waals surface area (Å²) in [6.45, 7) is 7.91. The van der Waals surface area contributed by atoms with Crippen LogP contribution in [0, 0.1) is 0 Å². The highest BCUT2D eigenvalue weighted by Crippen LogP contribution is 2.36. The molecule has 1 atom stereocenters. The Kier molecular flexibility index (Phi) is 9.68. The van der Waals surface area contributed by atoms with E-state index < -0.39 is 18.0 Å². The second-order valence-electron chi connectivity index (χ2n) is 9.94. The van der Waals surface area contributed by atoms with Gasteiger partial charge in [0, 0.05) is 5.39 Å². The van der Waals surface area contributed by atoms with Crippen molar-refractivity contribution in [3.63, 3.8) is 0 Å². The van der Waals surface area contributed by atoms with E-state index >= 15 is 0 Å². The number of aromatic nitrogens is 1. The fourth-order valence-corrected chi connectivity index (χ4v) is 6.27. The molecule has 1 aliphatic rings. The van der Waals surface area contributed by atoms with Crippen molar-refractivity contribution < 1.29 is 33.3 Å². The van der Waals surface area contributed by atoms with E-state index in [-0.39, 0.29) is 24.3 Å². The van der Waals surface area contributed by atoms with Gasteiger partial charge in [0.05, 0.1) is 48.8 Å². The number of fused-ring (bicyclic) bond motifs is 2. The van der Waals surface area contributed by atoms with Gasteiger partial charge in [0.25, 0.3) is 5.56 Å². The molecule has 1 aliphatic heterocycles. The van der Waals surface area contributed by atoms with Crippen molar-refractivity contribution in [3.05, 3.63) is 96.7 Å². The maximum absolute atomic E-state index is 14.2. The first-order valence-electron chi connectivity index (χ1n) is 14.6. The number of allylic oxidation sites excluding steroid dienone is 1. The second-order valence-corrected chi connectivity index (χ2v) is 10.9. The SMILES string of the molecule is CCOC(=O)C1=C(C)N=c2s/c(=C\c3ccc(OCC)c4ccccc34)c(=O)n2[C@@H]1c1ccc(OCC(=O)OC)c(OCC)c1. The van der Waals surface area contributed by atoms with Gasteiger partial charge in [0.15, 0.2) is 22.9 Å². The highest BCUT2D eigenvalue weighted by Gasteiger charge is 2.34. The maximum Gasteiger partial charge on any atom is 0.343 e. The van der Waals surface area contributed by atoms with E-state index in [2.05, 4.69) is 9.73 Å². The van der Waals surface area contributed by atoms with Crippen LogP contribution in [0.4, 0.5) is 0 Å². The van der Waals surface area contributed by atoms with Crippen LogP contribution >= 0.6 is 11.3 Å². The van der Waals surface area contributed by atoms with Crippen LogP contribution in [0.3, 0.4) is 0 Å². The number of esters is 2. The van der Waals surface area contributed by atoms with Crippen LogP contribution in [0.2, 0.25) is 0 Å². The van der Waals surface area contributed by atoms with Crippen LogP contribution in [0.15, 0.2) is 75.7 Å². The molecule has 0 spiro atoms. The van der Waals surface area contributed by atoms with E-state index in [1.54, 1.807) is 32.0 Å². The van der Waals surface area contributed by atoms with E-state index in [1.165, 1.54) is 23.0 Å². The molecule has 3 aromatic carbocycles. The molecule has 0 unspecified atom stereocenters. The Morgan fingerprint density at radius 1 is 0.911 bits per heavy atom. The van der Waals surface area contributed by atoms with Crippen LogP contribution in [-0.2, 0) is 19.1 Å². The maximum atomic E-state index is 14.2. The average molecular weight is 631 g/mol. The minimum atomic E-state index is -0.853. The van der Waals surface area contributed by atoms with Gasteiger partial charge in [-0.2, -0.15) is 0 Å². The molecule has 0 fully saturated rings. The summed E-state index contributed by atoms with van der Waals surface area (Å²) >= 11 is 1.24. The molecule has 5 rings (SSSR count). The first kappa shape index (κ1) is 31.5. The first-order chi connectivity index (χ1) is 21.8. The van der Waals surface area contributed by atoms with E-state index in [0.717, 1.165) is 22.1 Å². The van der Waals surface area contributed by atoms with E-state index in [0.29, 0.717) is 45.3 Å². The van der Waals surface area contributed by atoms with E-state index in [9.17, 15) is 14.4 Å². The van der Waals surface area contributed by atoms with Crippen molar-refractivity contribution in [2.75, 3.05) is 33.5 Å². The summed E-state index contributed by atoms with van der Waals surface area (Å²) < 4.78 is 29.4. The van der Waals surface area contributed by atoms with E-state index in [4.69, 9.17) is 18.9 Å². The molecule has 234 valence electrons. The third kappa shape index (κ3) is 6.34. The molecule has 0 N–H and O–H groups in total. The fourth-order valence-electron chi connectivity index (χ4n) is 5.23. The molecule has 10 nitrogen and oxygen atoms in total. The molecule has 45 heavy (non-hydrogen) atoms. The molecule has 0 bridgehead atoms. The predicted octanol–water partition coefficient (Wildman–Crippen LogP) is 4.30. The number of hydrogen-bond acceptors (Lipinski definition) is 10. The van der Waals surface area contributed by atoms with Crippen molar-refractivity contribution >= 4 is 40.1 Å². The number of methoxy groups -OCH3 is 1. The van der Waals surface area contributed by atoms with Gasteiger partial charge >= 0.3 is 11.9 Å². The monoisotopic (exact) mass is 630 g/mol.